The minimum Gasteiger partial charge on any atom is -0.402 e. The fourth-order valence-corrected chi connectivity index (χ4v) is 2.64. The number of allylic oxidation sites excluding steroid dienone is 2. The maximum absolute atomic E-state index is 11.7. The number of aromatic nitrogens is 5. The molecule has 0 unspecified atom stereocenters. The van der Waals surface area contributed by atoms with Crippen LogP contribution < -0.4 is 11.5 Å². The Morgan fingerprint density at radius 3 is 2.81 bits per heavy atom. The Bertz CT molecular complexity index is 1040. The van der Waals surface area contributed by atoms with Gasteiger partial charge in [-0.25, -0.2) is 4.98 Å². The first kappa shape index (κ1) is 17.3. The second-order valence-corrected chi connectivity index (χ2v) is 5.88. The van der Waals surface area contributed by atoms with Crippen molar-refractivity contribution < 1.29 is 4.79 Å². The standard InChI is InChI=1S/C17H20N8O/c1-4-20-14(5-9(2)18)17-21-16(22-23-17)11-6-10(15(19)26)7-13-12(11)8-25(3)24-13/h5-8H,4,18H2,1-3H3,(H2,19,26)(H,21,22,23)/b9-5-,20-14?. The van der Waals surface area contributed by atoms with E-state index >= 15 is 0 Å². The summed E-state index contributed by atoms with van der Waals surface area (Å²) in [6.07, 6.45) is 3.57. The largest absolute Gasteiger partial charge is 0.402 e. The van der Waals surface area contributed by atoms with E-state index in [1.54, 1.807) is 36.9 Å². The minimum absolute atomic E-state index is 0.345. The number of nitrogens with two attached hydrogens (primary N) is 2. The lowest BCUT2D eigenvalue weighted by Gasteiger charge is -2.01. The number of aliphatic imine (C=N–C) groups is 1. The van der Waals surface area contributed by atoms with Gasteiger partial charge in [0.15, 0.2) is 11.6 Å². The molecular weight excluding hydrogens is 332 g/mol. The molecule has 0 aliphatic rings. The molecule has 134 valence electrons. The van der Waals surface area contributed by atoms with E-state index in [1.165, 1.54) is 0 Å². The molecule has 3 aromatic rings. The maximum atomic E-state index is 11.7. The Hall–Kier alpha value is -3.49. The molecule has 5 N–H and O–H groups in total. The van der Waals surface area contributed by atoms with E-state index in [0.29, 0.717) is 46.2 Å². The number of H-pyrrole nitrogens is 1. The number of nitrogens with one attached hydrogen (secondary N) is 1. The van der Waals surface area contributed by atoms with Crippen LogP contribution in [0.15, 0.2) is 35.1 Å². The molecule has 3 rings (SSSR count). The summed E-state index contributed by atoms with van der Waals surface area (Å²) in [4.78, 5) is 20.6. The normalized spacial score (nSPS) is 12.7. The molecule has 1 amide bonds. The second-order valence-electron chi connectivity index (χ2n) is 5.88. The van der Waals surface area contributed by atoms with E-state index in [2.05, 4.69) is 25.3 Å². The highest BCUT2D eigenvalue weighted by Gasteiger charge is 2.16. The quantitative estimate of drug-likeness (QED) is 0.590. The van der Waals surface area contributed by atoms with Crippen LogP contribution in [0.2, 0.25) is 0 Å². The van der Waals surface area contributed by atoms with E-state index in [4.69, 9.17) is 11.5 Å². The molecule has 0 saturated heterocycles. The van der Waals surface area contributed by atoms with Gasteiger partial charge in [-0.05, 0) is 32.1 Å². The fourth-order valence-electron chi connectivity index (χ4n) is 2.64. The highest BCUT2D eigenvalue weighted by molar-refractivity contribution is 6.07. The zero-order valence-electron chi connectivity index (χ0n) is 14.8. The van der Waals surface area contributed by atoms with Crippen LogP contribution in [0.25, 0.3) is 22.3 Å². The van der Waals surface area contributed by atoms with Gasteiger partial charge in [-0.1, -0.05) is 0 Å². The van der Waals surface area contributed by atoms with Crippen LogP contribution in [0.3, 0.4) is 0 Å². The molecule has 9 nitrogen and oxygen atoms in total. The van der Waals surface area contributed by atoms with Crippen molar-refractivity contribution in [2.45, 2.75) is 13.8 Å². The number of hydrogen-bond acceptors (Lipinski definition) is 6. The summed E-state index contributed by atoms with van der Waals surface area (Å²) >= 11 is 0. The van der Waals surface area contributed by atoms with Gasteiger partial charge < -0.3 is 11.5 Å². The van der Waals surface area contributed by atoms with Gasteiger partial charge in [0.1, 0.15) is 5.71 Å². The van der Waals surface area contributed by atoms with Crippen molar-refractivity contribution in [3.63, 3.8) is 0 Å². The Morgan fingerprint density at radius 2 is 2.15 bits per heavy atom. The number of primary amides is 1. The Kier molecular flexibility index (Phi) is 4.53. The third kappa shape index (κ3) is 3.32. The smallest absolute Gasteiger partial charge is 0.248 e. The van der Waals surface area contributed by atoms with Crippen molar-refractivity contribution in [1.29, 1.82) is 0 Å². The molecule has 1 aromatic carbocycles. The number of benzene rings is 1. The van der Waals surface area contributed by atoms with Gasteiger partial charge in [0.05, 0.1) is 5.52 Å². The summed E-state index contributed by atoms with van der Waals surface area (Å²) in [6, 6.07) is 3.32. The molecule has 0 fully saturated rings. The van der Waals surface area contributed by atoms with Crippen molar-refractivity contribution in [3.05, 3.63) is 41.5 Å². The molecule has 2 heterocycles. The molecule has 2 aromatic heterocycles. The summed E-state index contributed by atoms with van der Waals surface area (Å²) in [6.45, 7) is 4.28. The van der Waals surface area contributed by atoms with Gasteiger partial charge in [0.25, 0.3) is 0 Å². The molecule has 0 saturated carbocycles. The van der Waals surface area contributed by atoms with Gasteiger partial charge in [-0.15, -0.1) is 0 Å². The monoisotopic (exact) mass is 352 g/mol. The molecule has 0 bridgehead atoms. The van der Waals surface area contributed by atoms with Gasteiger partial charge in [0.2, 0.25) is 5.91 Å². The predicted octanol–water partition coefficient (Wildman–Crippen LogP) is 1.13. The number of rotatable bonds is 5. The lowest BCUT2D eigenvalue weighted by Crippen LogP contribution is -2.11. The SMILES string of the molecule is CCN=C(/C=C(/C)N)c1nc(-c2cc(C(N)=O)cc3nn(C)cc23)n[nH]1. The highest BCUT2D eigenvalue weighted by Crippen LogP contribution is 2.27. The van der Waals surface area contributed by atoms with E-state index in [0.717, 1.165) is 5.39 Å². The highest BCUT2D eigenvalue weighted by atomic mass is 16.1. The summed E-state index contributed by atoms with van der Waals surface area (Å²) in [5.74, 6) is 0.380. The first-order valence-electron chi connectivity index (χ1n) is 8.07. The second kappa shape index (κ2) is 6.79. The zero-order chi connectivity index (χ0) is 18.8. The van der Waals surface area contributed by atoms with E-state index in [1.807, 2.05) is 13.1 Å². The van der Waals surface area contributed by atoms with Crippen LogP contribution in [0.1, 0.15) is 30.0 Å². The third-order valence-electron chi connectivity index (χ3n) is 3.69. The average molecular weight is 352 g/mol. The molecule has 0 spiro atoms. The van der Waals surface area contributed by atoms with E-state index < -0.39 is 5.91 Å². The van der Waals surface area contributed by atoms with Gasteiger partial charge in [0, 0.05) is 42.0 Å². The average Bonchev–Trinajstić information content (AvgIpc) is 3.18. The molecule has 0 radical (unpaired) electrons. The summed E-state index contributed by atoms with van der Waals surface area (Å²) in [5, 5.41) is 12.3. The van der Waals surface area contributed by atoms with Crippen LogP contribution in [0, 0.1) is 0 Å². The Labute approximate surface area is 149 Å². The van der Waals surface area contributed by atoms with Crippen molar-refractivity contribution in [2.75, 3.05) is 6.54 Å². The van der Waals surface area contributed by atoms with Crippen LogP contribution >= 0.6 is 0 Å². The number of nitrogens with zero attached hydrogens (tertiary/aromatic N) is 5. The third-order valence-corrected chi connectivity index (χ3v) is 3.69. The van der Waals surface area contributed by atoms with Crippen molar-refractivity contribution in [2.24, 2.45) is 23.5 Å². The van der Waals surface area contributed by atoms with Crippen molar-refractivity contribution >= 4 is 22.5 Å². The molecule has 0 aliphatic carbocycles. The summed E-state index contributed by atoms with van der Waals surface area (Å²) in [7, 11) is 1.80. The molecule has 26 heavy (non-hydrogen) atoms. The Morgan fingerprint density at radius 1 is 1.38 bits per heavy atom. The van der Waals surface area contributed by atoms with Crippen molar-refractivity contribution in [1.82, 2.24) is 25.0 Å². The number of carbonyl (C=O) groups is 1. The van der Waals surface area contributed by atoms with Gasteiger partial charge in [-0.2, -0.15) is 10.2 Å². The Balaban J connectivity index is 2.16. The number of hydrogen-bond donors (Lipinski definition) is 3. The lowest BCUT2D eigenvalue weighted by atomic mass is 10.1. The molecule has 9 heteroatoms. The molecule has 0 atom stereocenters. The minimum atomic E-state index is -0.538. The van der Waals surface area contributed by atoms with Crippen LogP contribution in [-0.2, 0) is 7.05 Å². The van der Waals surface area contributed by atoms with Crippen LogP contribution in [-0.4, -0.2) is 43.1 Å². The van der Waals surface area contributed by atoms with Crippen LogP contribution in [0.5, 0.6) is 0 Å². The predicted molar refractivity (Wildman–Crippen MR) is 99.6 cm³/mol. The molecule has 0 aliphatic heterocycles. The van der Waals surface area contributed by atoms with Crippen LogP contribution in [0.4, 0.5) is 0 Å². The number of fused-ring (bicyclic) bond motifs is 1. The number of amides is 1. The maximum Gasteiger partial charge on any atom is 0.248 e. The number of carbonyl (C=O) groups excluding carboxylic acids is 1. The van der Waals surface area contributed by atoms with E-state index in [9.17, 15) is 4.79 Å². The molecular formula is C17H20N8O. The summed E-state index contributed by atoms with van der Waals surface area (Å²) < 4.78 is 1.66. The fraction of sp³-hybridized carbons (Fsp3) is 0.235. The van der Waals surface area contributed by atoms with Gasteiger partial charge >= 0.3 is 0 Å². The zero-order valence-corrected chi connectivity index (χ0v) is 14.8. The lowest BCUT2D eigenvalue weighted by molar-refractivity contribution is 0.100. The number of aromatic amines is 1. The topological polar surface area (TPSA) is 141 Å². The summed E-state index contributed by atoms with van der Waals surface area (Å²) in [5.41, 5.74) is 14.1. The first-order chi connectivity index (χ1) is 12.4. The first-order valence-corrected chi connectivity index (χ1v) is 8.07. The number of aryl methyl sites for hydroxylation is 1. The van der Waals surface area contributed by atoms with E-state index in [-0.39, 0.29) is 0 Å². The van der Waals surface area contributed by atoms with Gasteiger partial charge in [-0.3, -0.25) is 19.6 Å². The van der Waals surface area contributed by atoms with Crippen molar-refractivity contribution in [3.8, 4) is 11.4 Å².